The molecule has 116 valence electrons. The molecule has 1 aliphatic heterocycles. The summed E-state index contributed by atoms with van der Waals surface area (Å²) >= 11 is 0. The fourth-order valence-corrected chi connectivity index (χ4v) is 3.43. The van der Waals surface area contributed by atoms with Crippen LogP contribution in [0, 0.1) is 5.41 Å². The van der Waals surface area contributed by atoms with Crippen molar-refractivity contribution >= 4 is 31.3 Å². The zero-order valence-corrected chi connectivity index (χ0v) is 14.1. The third-order valence-electron chi connectivity index (χ3n) is 3.82. The topological polar surface area (TPSA) is 54.5 Å². The van der Waals surface area contributed by atoms with Gasteiger partial charge in [0.1, 0.15) is 0 Å². The number of fused-ring (bicyclic) bond motifs is 1. The third kappa shape index (κ3) is 3.24. The van der Waals surface area contributed by atoms with E-state index >= 15 is 0 Å². The average molecular weight is 330 g/mol. The summed E-state index contributed by atoms with van der Waals surface area (Å²) < 4.78 is 23.0. The van der Waals surface area contributed by atoms with Gasteiger partial charge in [0.05, 0.1) is 4.90 Å². The zero-order chi connectivity index (χ0) is 15.8. The Labute approximate surface area is 130 Å². The summed E-state index contributed by atoms with van der Waals surface area (Å²) in [6.45, 7) is 6.49. The predicted molar refractivity (Wildman–Crippen MR) is 84.2 cm³/mol. The van der Waals surface area contributed by atoms with Gasteiger partial charge in [-0.3, -0.25) is 4.79 Å². The van der Waals surface area contributed by atoms with Crippen LogP contribution < -0.4 is 4.90 Å². The van der Waals surface area contributed by atoms with Gasteiger partial charge < -0.3 is 4.90 Å². The largest absolute Gasteiger partial charge is 0.312 e. The molecule has 21 heavy (non-hydrogen) atoms. The predicted octanol–water partition coefficient (Wildman–Crippen LogP) is 3.33. The van der Waals surface area contributed by atoms with E-state index in [1.807, 2.05) is 13.8 Å². The van der Waals surface area contributed by atoms with Gasteiger partial charge in [0.15, 0.2) is 0 Å². The Morgan fingerprint density at radius 2 is 2.00 bits per heavy atom. The summed E-state index contributed by atoms with van der Waals surface area (Å²) in [5, 5.41) is 0. The molecule has 2 rings (SSSR count). The van der Waals surface area contributed by atoms with E-state index in [0.29, 0.717) is 18.7 Å². The van der Waals surface area contributed by atoms with Gasteiger partial charge in [-0.15, -0.1) is 0 Å². The highest BCUT2D eigenvalue weighted by Crippen LogP contribution is 2.38. The minimum absolute atomic E-state index is 0.0348. The second-order valence-electron chi connectivity index (χ2n) is 6.10. The summed E-state index contributed by atoms with van der Waals surface area (Å²) in [5.74, 6) is 0.0348. The van der Waals surface area contributed by atoms with Gasteiger partial charge in [-0.05, 0) is 30.5 Å². The lowest BCUT2D eigenvalue weighted by Crippen LogP contribution is -2.46. The summed E-state index contributed by atoms with van der Waals surface area (Å²) in [6, 6.07) is 4.78. The minimum atomic E-state index is -3.79. The molecule has 1 aromatic carbocycles. The van der Waals surface area contributed by atoms with E-state index in [1.54, 1.807) is 11.0 Å². The Morgan fingerprint density at radius 1 is 1.33 bits per heavy atom. The quantitative estimate of drug-likeness (QED) is 0.796. The van der Waals surface area contributed by atoms with Crippen LogP contribution in [0.3, 0.4) is 0 Å². The number of anilines is 1. The molecule has 0 bridgehead atoms. The average Bonchev–Trinajstić information content (AvgIpc) is 2.37. The standard InChI is InChI=1S/C15H20ClNO3S/c1-4-5-8-17-13-9-12(21(16,19)20)7-6-11(13)10-15(2,3)14(17)18/h6-7,9H,4-5,8,10H2,1-3H3. The van der Waals surface area contributed by atoms with E-state index in [9.17, 15) is 13.2 Å². The molecule has 0 unspecified atom stereocenters. The number of halogens is 1. The van der Waals surface area contributed by atoms with E-state index < -0.39 is 14.5 Å². The first-order valence-electron chi connectivity index (χ1n) is 7.06. The normalized spacial score (nSPS) is 17.7. The van der Waals surface area contributed by atoms with Crippen LogP contribution in [0.4, 0.5) is 5.69 Å². The van der Waals surface area contributed by atoms with Crippen molar-refractivity contribution in [2.24, 2.45) is 5.41 Å². The Kier molecular flexibility index (Phi) is 4.36. The van der Waals surface area contributed by atoms with Crippen LogP contribution in [0.15, 0.2) is 23.1 Å². The Morgan fingerprint density at radius 3 is 2.57 bits per heavy atom. The van der Waals surface area contributed by atoms with Crippen LogP contribution in [0.1, 0.15) is 39.2 Å². The molecule has 0 radical (unpaired) electrons. The first-order valence-corrected chi connectivity index (χ1v) is 9.37. The fourth-order valence-electron chi connectivity index (χ4n) is 2.66. The second-order valence-corrected chi connectivity index (χ2v) is 8.67. The molecule has 1 aliphatic rings. The van der Waals surface area contributed by atoms with E-state index in [4.69, 9.17) is 10.7 Å². The van der Waals surface area contributed by atoms with Gasteiger partial charge in [0, 0.05) is 28.3 Å². The molecule has 0 N–H and O–H groups in total. The number of hydrogen-bond acceptors (Lipinski definition) is 3. The van der Waals surface area contributed by atoms with Crippen LogP contribution >= 0.6 is 10.7 Å². The van der Waals surface area contributed by atoms with Gasteiger partial charge in [0.2, 0.25) is 5.91 Å². The van der Waals surface area contributed by atoms with Gasteiger partial charge in [-0.1, -0.05) is 33.3 Å². The lowest BCUT2D eigenvalue weighted by atomic mass is 9.80. The van der Waals surface area contributed by atoms with Crippen molar-refractivity contribution in [1.29, 1.82) is 0 Å². The highest BCUT2D eigenvalue weighted by Gasteiger charge is 2.38. The van der Waals surface area contributed by atoms with Crippen LogP contribution in [0.5, 0.6) is 0 Å². The molecular weight excluding hydrogens is 310 g/mol. The number of carbonyl (C=O) groups excluding carboxylic acids is 1. The van der Waals surface area contributed by atoms with Gasteiger partial charge in [-0.2, -0.15) is 0 Å². The Balaban J connectivity index is 2.54. The molecule has 4 nitrogen and oxygen atoms in total. The van der Waals surface area contributed by atoms with Gasteiger partial charge >= 0.3 is 0 Å². The maximum Gasteiger partial charge on any atom is 0.261 e. The number of rotatable bonds is 4. The number of nitrogens with zero attached hydrogens (tertiary/aromatic N) is 1. The van der Waals surface area contributed by atoms with Crippen molar-refractivity contribution in [2.45, 2.75) is 44.9 Å². The Bertz CT molecular complexity index is 667. The maximum absolute atomic E-state index is 12.6. The smallest absolute Gasteiger partial charge is 0.261 e. The number of unbranched alkanes of at least 4 members (excludes halogenated alkanes) is 1. The van der Waals surface area contributed by atoms with Crippen molar-refractivity contribution in [2.75, 3.05) is 11.4 Å². The van der Waals surface area contributed by atoms with Crippen LogP contribution in [0.2, 0.25) is 0 Å². The molecule has 0 aromatic heterocycles. The molecule has 0 atom stereocenters. The molecule has 1 aromatic rings. The SMILES string of the molecule is CCCCN1C(=O)C(C)(C)Cc2ccc(S(=O)(=O)Cl)cc21. The number of benzene rings is 1. The summed E-state index contributed by atoms with van der Waals surface area (Å²) in [4.78, 5) is 14.4. The van der Waals surface area contributed by atoms with E-state index in [1.165, 1.54) is 12.1 Å². The maximum atomic E-state index is 12.6. The number of amides is 1. The van der Waals surface area contributed by atoms with Crippen LogP contribution in [-0.2, 0) is 20.3 Å². The van der Waals surface area contributed by atoms with Crippen molar-refractivity contribution in [1.82, 2.24) is 0 Å². The lowest BCUT2D eigenvalue weighted by molar-refractivity contribution is -0.127. The van der Waals surface area contributed by atoms with E-state index in [2.05, 4.69) is 6.92 Å². The Hall–Kier alpha value is -1.07. The van der Waals surface area contributed by atoms with E-state index in [-0.39, 0.29) is 10.8 Å². The zero-order valence-electron chi connectivity index (χ0n) is 12.5. The van der Waals surface area contributed by atoms with E-state index in [0.717, 1.165) is 18.4 Å². The van der Waals surface area contributed by atoms with Crippen molar-refractivity contribution in [3.05, 3.63) is 23.8 Å². The molecule has 0 aliphatic carbocycles. The fraction of sp³-hybridized carbons (Fsp3) is 0.533. The molecule has 0 saturated carbocycles. The molecule has 1 amide bonds. The number of hydrogen-bond donors (Lipinski definition) is 0. The van der Waals surface area contributed by atoms with Crippen molar-refractivity contribution in [3.8, 4) is 0 Å². The third-order valence-corrected chi connectivity index (χ3v) is 5.17. The molecule has 1 heterocycles. The second kappa shape index (κ2) is 5.61. The van der Waals surface area contributed by atoms with Crippen molar-refractivity contribution < 1.29 is 13.2 Å². The highest BCUT2D eigenvalue weighted by molar-refractivity contribution is 8.13. The first kappa shape index (κ1) is 16.3. The van der Waals surface area contributed by atoms with Crippen LogP contribution in [0.25, 0.3) is 0 Å². The first-order chi connectivity index (χ1) is 9.66. The highest BCUT2D eigenvalue weighted by atomic mass is 35.7. The molecule has 0 fully saturated rings. The van der Waals surface area contributed by atoms with Crippen molar-refractivity contribution in [3.63, 3.8) is 0 Å². The van der Waals surface area contributed by atoms with Gasteiger partial charge in [0.25, 0.3) is 9.05 Å². The summed E-state index contributed by atoms with van der Waals surface area (Å²) in [6.07, 6.45) is 2.44. The molecule has 0 spiro atoms. The molecule has 0 saturated heterocycles. The van der Waals surface area contributed by atoms with Crippen LogP contribution in [-0.4, -0.2) is 20.9 Å². The monoisotopic (exact) mass is 329 g/mol. The number of carbonyl (C=O) groups is 1. The molecular formula is C15H20ClNO3S. The summed E-state index contributed by atoms with van der Waals surface area (Å²) in [7, 11) is 1.62. The van der Waals surface area contributed by atoms with Gasteiger partial charge in [-0.25, -0.2) is 8.42 Å². The lowest BCUT2D eigenvalue weighted by Gasteiger charge is -2.38. The molecule has 6 heteroatoms. The minimum Gasteiger partial charge on any atom is -0.312 e. The summed E-state index contributed by atoms with van der Waals surface area (Å²) in [5.41, 5.74) is 1.19.